The van der Waals surface area contributed by atoms with Crippen molar-refractivity contribution >= 4 is 33.2 Å². The van der Waals surface area contributed by atoms with E-state index in [9.17, 15) is 28.1 Å². The van der Waals surface area contributed by atoms with Crippen LogP contribution in [0.2, 0.25) is 0 Å². The minimum atomic E-state index is -4.24. The van der Waals surface area contributed by atoms with Gasteiger partial charge in [-0.05, 0) is 55.5 Å². The van der Waals surface area contributed by atoms with E-state index >= 15 is 0 Å². The van der Waals surface area contributed by atoms with E-state index in [1.54, 1.807) is 18.2 Å². The highest BCUT2D eigenvalue weighted by Crippen LogP contribution is 2.27. The number of benzene rings is 3. The number of nitro groups is 1. The summed E-state index contributed by atoms with van der Waals surface area (Å²) in [6.07, 6.45) is 4.69. The lowest BCUT2D eigenvalue weighted by molar-refractivity contribution is -0.384. The molecule has 1 atom stereocenters. The summed E-state index contributed by atoms with van der Waals surface area (Å²) in [5.41, 5.74) is 0.871. The molecule has 0 radical (unpaired) electrons. The van der Waals surface area contributed by atoms with Gasteiger partial charge in [-0.3, -0.25) is 24.0 Å². The van der Waals surface area contributed by atoms with Crippen molar-refractivity contribution in [1.82, 2.24) is 10.2 Å². The number of hydrogen-bond donors (Lipinski definition) is 1. The van der Waals surface area contributed by atoms with Crippen LogP contribution >= 0.6 is 0 Å². The third-order valence-electron chi connectivity index (χ3n) is 7.53. The fourth-order valence-electron chi connectivity index (χ4n) is 5.25. The first kappa shape index (κ1) is 30.7. The lowest BCUT2D eigenvalue weighted by atomic mass is 10.1. The lowest BCUT2D eigenvalue weighted by Gasteiger charge is -2.33. The van der Waals surface area contributed by atoms with Crippen molar-refractivity contribution in [2.45, 2.75) is 62.4 Å². The Balaban J connectivity index is 1.68. The number of carbonyl (C=O) groups excluding carboxylic acids is 2. The van der Waals surface area contributed by atoms with Crippen LogP contribution in [0.3, 0.4) is 0 Å². The minimum Gasteiger partial charge on any atom is -0.352 e. The Bertz CT molecular complexity index is 1460. The van der Waals surface area contributed by atoms with Gasteiger partial charge >= 0.3 is 0 Å². The molecule has 0 aromatic heterocycles. The number of non-ortho nitro benzene ring substituents is 1. The van der Waals surface area contributed by atoms with E-state index in [-0.39, 0.29) is 34.8 Å². The highest BCUT2D eigenvalue weighted by atomic mass is 32.2. The average Bonchev–Trinajstić information content (AvgIpc) is 3.51. The number of nitrogens with one attached hydrogen (secondary N) is 1. The third-order valence-corrected chi connectivity index (χ3v) is 9.32. The fraction of sp³-hybridized carbons (Fsp3) is 0.355. The van der Waals surface area contributed by atoms with Gasteiger partial charge in [-0.1, -0.05) is 68.3 Å². The third kappa shape index (κ3) is 7.52. The molecule has 42 heavy (non-hydrogen) atoms. The van der Waals surface area contributed by atoms with Crippen LogP contribution in [0.4, 0.5) is 11.4 Å². The van der Waals surface area contributed by atoms with Crippen LogP contribution in [0.15, 0.2) is 89.8 Å². The monoisotopic (exact) mass is 592 g/mol. The van der Waals surface area contributed by atoms with Crippen molar-refractivity contribution < 1.29 is 22.9 Å². The zero-order valence-electron chi connectivity index (χ0n) is 23.6. The quantitative estimate of drug-likeness (QED) is 0.226. The maximum absolute atomic E-state index is 14.1. The van der Waals surface area contributed by atoms with Crippen LogP contribution < -0.4 is 9.62 Å². The molecule has 1 N–H and O–H groups in total. The van der Waals surface area contributed by atoms with E-state index in [4.69, 9.17) is 0 Å². The van der Waals surface area contributed by atoms with Gasteiger partial charge in [0.15, 0.2) is 0 Å². The maximum Gasteiger partial charge on any atom is 0.269 e. The summed E-state index contributed by atoms with van der Waals surface area (Å²) in [5, 5.41) is 14.3. The van der Waals surface area contributed by atoms with Crippen LogP contribution in [-0.4, -0.2) is 55.2 Å². The van der Waals surface area contributed by atoms with Gasteiger partial charge in [0, 0.05) is 24.7 Å². The summed E-state index contributed by atoms with van der Waals surface area (Å²) >= 11 is 0. The molecular formula is C31H36N4O6S. The second-order valence-electron chi connectivity index (χ2n) is 10.3. The van der Waals surface area contributed by atoms with Crippen molar-refractivity contribution in [3.8, 4) is 0 Å². The largest absolute Gasteiger partial charge is 0.352 e. The molecule has 1 aliphatic carbocycles. The van der Waals surface area contributed by atoms with E-state index in [1.807, 2.05) is 37.3 Å². The highest BCUT2D eigenvalue weighted by Gasteiger charge is 2.34. The first-order valence-electron chi connectivity index (χ1n) is 14.2. The lowest BCUT2D eigenvalue weighted by Crippen LogP contribution is -2.54. The van der Waals surface area contributed by atoms with E-state index in [0.29, 0.717) is 12.8 Å². The molecule has 0 unspecified atom stereocenters. The van der Waals surface area contributed by atoms with Crippen molar-refractivity contribution in [1.29, 1.82) is 0 Å². The second kappa shape index (κ2) is 14.1. The predicted molar refractivity (Wildman–Crippen MR) is 160 cm³/mol. The SMILES string of the molecule is CC[C@H](C(=O)NC1CCCC1)N(CCc1ccccc1)C(=O)CN(c1ccc([N+](=O)[O-])cc1)S(=O)(=O)c1ccccc1. The number of rotatable bonds is 13. The number of hydrogen-bond acceptors (Lipinski definition) is 6. The van der Waals surface area contributed by atoms with E-state index in [2.05, 4.69) is 5.32 Å². The number of nitro benzene ring substituents is 1. The Morgan fingerprint density at radius 1 is 0.952 bits per heavy atom. The molecule has 0 bridgehead atoms. The number of sulfonamides is 1. The molecule has 1 aliphatic rings. The van der Waals surface area contributed by atoms with Gasteiger partial charge in [0.1, 0.15) is 12.6 Å². The number of nitrogens with zero attached hydrogens (tertiary/aromatic N) is 3. The molecule has 4 rings (SSSR count). The Morgan fingerprint density at radius 3 is 2.12 bits per heavy atom. The summed E-state index contributed by atoms with van der Waals surface area (Å²) in [5.74, 6) is -0.796. The van der Waals surface area contributed by atoms with Gasteiger partial charge < -0.3 is 10.2 Å². The van der Waals surface area contributed by atoms with Gasteiger partial charge in [-0.25, -0.2) is 8.42 Å². The molecule has 10 nitrogen and oxygen atoms in total. The first-order valence-corrected chi connectivity index (χ1v) is 15.6. The summed E-state index contributed by atoms with van der Waals surface area (Å²) in [6, 6.07) is 21.5. The molecule has 222 valence electrons. The number of carbonyl (C=O) groups is 2. The molecule has 1 saturated carbocycles. The standard InChI is InChI=1S/C31H36N4O6S/c1-2-29(31(37)32-25-13-9-10-14-25)33(22-21-24-11-5-3-6-12-24)30(36)23-34(26-17-19-27(20-18-26)35(38)39)42(40,41)28-15-7-4-8-16-28/h3-8,11-12,15-20,25,29H,2,9-10,13-14,21-23H2,1H3,(H,32,37)/t29-/m1/s1. The highest BCUT2D eigenvalue weighted by molar-refractivity contribution is 7.92. The van der Waals surface area contributed by atoms with Crippen LogP contribution in [0, 0.1) is 10.1 Å². The molecule has 3 aromatic rings. The summed E-state index contributed by atoms with van der Waals surface area (Å²) < 4.78 is 28.6. The van der Waals surface area contributed by atoms with Gasteiger partial charge in [0.2, 0.25) is 11.8 Å². The van der Waals surface area contributed by atoms with Crippen LogP contribution in [0.5, 0.6) is 0 Å². The van der Waals surface area contributed by atoms with Crippen molar-refractivity contribution in [2.75, 3.05) is 17.4 Å². The van der Waals surface area contributed by atoms with Crippen LogP contribution in [0.25, 0.3) is 0 Å². The molecule has 3 aromatic carbocycles. The summed E-state index contributed by atoms with van der Waals surface area (Å²) in [7, 11) is -4.24. The molecule has 0 heterocycles. The minimum absolute atomic E-state index is 0.0296. The van der Waals surface area contributed by atoms with E-state index in [1.165, 1.54) is 41.3 Å². The Hall–Kier alpha value is -4.25. The average molecular weight is 593 g/mol. The van der Waals surface area contributed by atoms with Crippen LogP contribution in [0.1, 0.15) is 44.6 Å². The number of amides is 2. The molecule has 1 fully saturated rings. The van der Waals surface area contributed by atoms with Gasteiger partial charge in [0.05, 0.1) is 15.5 Å². The topological polar surface area (TPSA) is 130 Å². The van der Waals surface area contributed by atoms with Gasteiger partial charge in [-0.2, -0.15) is 0 Å². The molecule has 0 aliphatic heterocycles. The van der Waals surface area contributed by atoms with Crippen molar-refractivity contribution in [3.63, 3.8) is 0 Å². The molecular weight excluding hydrogens is 556 g/mol. The van der Waals surface area contributed by atoms with Crippen molar-refractivity contribution in [2.24, 2.45) is 0 Å². The second-order valence-corrected chi connectivity index (χ2v) is 12.2. The molecule has 0 saturated heterocycles. The summed E-state index contributed by atoms with van der Waals surface area (Å²) in [6.45, 7) is 1.45. The zero-order valence-corrected chi connectivity index (χ0v) is 24.4. The van der Waals surface area contributed by atoms with Crippen molar-refractivity contribution in [3.05, 3.63) is 101 Å². The Labute approximate surface area is 246 Å². The molecule has 11 heteroatoms. The molecule has 2 amide bonds. The van der Waals surface area contributed by atoms with E-state index in [0.717, 1.165) is 35.6 Å². The van der Waals surface area contributed by atoms with Crippen LogP contribution in [-0.2, 0) is 26.0 Å². The smallest absolute Gasteiger partial charge is 0.269 e. The first-order chi connectivity index (χ1) is 20.2. The van der Waals surface area contributed by atoms with E-state index < -0.39 is 33.4 Å². The zero-order chi connectivity index (χ0) is 30.1. The number of anilines is 1. The maximum atomic E-state index is 14.1. The fourth-order valence-corrected chi connectivity index (χ4v) is 6.69. The molecule has 0 spiro atoms. The Morgan fingerprint density at radius 2 is 1.55 bits per heavy atom. The normalized spacial score (nSPS) is 14.2. The summed E-state index contributed by atoms with van der Waals surface area (Å²) in [4.78, 5) is 39.6. The Kier molecular flexibility index (Phi) is 10.3. The predicted octanol–water partition coefficient (Wildman–Crippen LogP) is 4.70. The van der Waals surface area contributed by atoms with Gasteiger partial charge in [0.25, 0.3) is 15.7 Å². The van der Waals surface area contributed by atoms with Gasteiger partial charge in [-0.15, -0.1) is 0 Å².